The number of likely N-dealkylation sites (N-methyl/N-ethyl adjacent to an activating group) is 1. The number of amides is 1. The minimum Gasteiger partial charge on any atom is -0.328 e. The first-order chi connectivity index (χ1) is 17.3. The molecule has 0 aliphatic carbocycles. The molecule has 0 saturated carbocycles. The maximum atomic E-state index is 14.7. The summed E-state index contributed by atoms with van der Waals surface area (Å²) in [5.74, 6) is 0.147. The van der Waals surface area contributed by atoms with Gasteiger partial charge in [-0.15, -0.1) is 0 Å². The van der Waals surface area contributed by atoms with Gasteiger partial charge in [0.15, 0.2) is 0 Å². The van der Waals surface area contributed by atoms with Crippen molar-refractivity contribution in [2.75, 3.05) is 25.5 Å². The van der Waals surface area contributed by atoms with Gasteiger partial charge < -0.3 is 9.47 Å². The van der Waals surface area contributed by atoms with Gasteiger partial charge in [-0.1, -0.05) is 12.1 Å². The highest BCUT2D eigenvalue weighted by atomic mass is 19.1. The van der Waals surface area contributed by atoms with Gasteiger partial charge in [0.1, 0.15) is 11.3 Å². The highest BCUT2D eigenvalue weighted by Crippen LogP contribution is 2.26. The summed E-state index contributed by atoms with van der Waals surface area (Å²) >= 11 is 0. The Balaban J connectivity index is 1.37. The van der Waals surface area contributed by atoms with Crippen LogP contribution in [0.4, 0.5) is 10.1 Å². The van der Waals surface area contributed by atoms with Gasteiger partial charge in [0.05, 0.1) is 29.3 Å². The van der Waals surface area contributed by atoms with Crippen molar-refractivity contribution >= 4 is 22.6 Å². The number of hydrogen-bond acceptors (Lipinski definition) is 6. The highest BCUT2D eigenvalue weighted by molar-refractivity contribution is 5.97. The Morgan fingerprint density at radius 1 is 1.08 bits per heavy atom. The predicted molar refractivity (Wildman–Crippen MR) is 137 cm³/mol. The molecule has 36 heavy (non-hydrogen) atoms. The third-order valence-electron chi connectivity index (χ3n) is 6.69. The van der Waals surface area contributed by atoms with Gasteiger partial charge >= 0.3 is 0 Å². The van der Waals surface area contributed by atoms with Gasteiger partial charge in [-0.05, 0) is 70.6 Å². The van der Waals surface area contributed by atoms with E-state index in [4.69, 9.17) is 0 Å². The molecule has 8 nitrogen and oxygen atoms in total. The van der Waals surface area contributed by atoms with Crippen LogP contribution in [0.15, 0.2) is 48.9 Å². The van der Waals surface area contributed by atoms with Crippen LogP contribution in [0.3, 0.4) is 0 Å². The molecule has 1 saturated heterocycles. The molecule has 0 spiro atoms. The average molecular weight is 488 g/mol. The fraction of sp³-hybridized carbons (Fsp3) is 0.370. The Labute approximate surface area is 209 Å². The van der Waals surface area contributed by atoms with Gasteiger partial charge in [0, 0.05) is 30.9 Å². The molecule has 3 aromatic heterocycles. The topological polar surface area (TPSA) is 80.0 Å². The van der Waals surface area contributed by atoms with Crippen LogP contribution in [0.2, 0.25) is 0 Å². The zero-order valence-electron chi connectivity index (χ0n) is 21.0. The monoisotopic (exact) mass is 487 g/mol. The summed E-state index contributed by atoms with van der Waals surface area (Å²) in [7, 11) is 3.90. The quantitative estimate of drug-likeness (QED) is 0.378. The van der Waals surface area contributed by atoms with E-state index in [2.05, 4.69) is 19.9 Å². The molecule has 9 heteroatoms. The van der Waals surface area contributed by atoms with Crippen molar-refractivity contribution in [3.8, 4) is 11.4 Å². The number of nitrogens with zero attached hydrogens (tertiary/aromatic N) is 7. The minimum atomic E-state index is -0.610. The molecule has 0 N–H and O–H groups in total. The lowest BCUT2D eigenvalue weighted by molar-refractivity contribution is -0.124. The van der Waals surface area contributed by atoms with Crippen LogP contribution in [-0.4, -0.2) is 62.0 Å². The van der Waals surface area contributed by atoms with Crippen LogP contribution in [0, 0.1) is 5.95 Å². The van der Waals surface area contributed by atoms with Gasteiger partial charge in [-0.3, -0.25) is 9.69 Å². The minimum absolute atomic E-state index is 0.0774. The number of hydrogen-bond donors (Lipinski definition) is 0. The molecule has 1 amide bonds. The predicted octanol–water partition coefficient (Wildman–Crippen LogP) is 4.26. The van der Waals surface area contributed by atoms with E-state index >= 15 is 0 Å². The van der Waals surface area contributed by atoms with Gasteiger partial charge in [-0.2, -0.15) is 4.39 Å². The number of imidazole rings is 1. The second-order valence-electron chi connectivity index (χ2n) is 9.72. The van der Waals surface area contributed by atoms with Crippen molar-refractivity contribution in [1.82, 2.24) is 29.4 Å². The molecule has 5 rings (SSSR count). The average Bonchev–Trinajstić information content (AvgIpc) is 3.30. The van der Waals surface area contributed by atoms with Gasteiger partial charge in [-0.25, -0.2) is 19.9 Å². The third kappa shape index (κ3) is 4.58. The van der Waals surface area contributed by atoms with Crippen molar-refractivity contribution in [2.24, 2.45) is 0 Å². The van der Waals surface area contributed by atoms with E-state index in [1.165, 1.54) is 0 Å². The first-order valence-electron chi connectivity index (χ1n) is 12.2. The Morgan fingerprint density at radius 2 is 1.86 bits per heavy atom. The lowest BCUT2D eigenvalue weighted by Crippen LogP contribution is -2.50. The van der Waals surface area contributed by atoms with Crippen LogP contribution in [0.5, 0.6) is 0 Å². The van der Waals surface area contributed by atoms with E-state index in [1.807, 2.05) is 72.6 Å². The Bertz CT molecular complexity index is 1400. The molecular weight excluding hydrogens is 457 g/mol. The molecular formula is C27H30FN7O. The molecule has 0 bridgehead atoms. The normalized spacial score (nSPS) is 16.5. The molecule has 1 aliphatic rings. The van der Waals surface area contributed by atoms with Crippen LogP contribution >= 0.6 is 0 Å². The number of piperidine rings is 1. The van der Waals surface area contributed by atoms with Crippen LogP contribution in [0.1, 0.15) is 44.1 Å². The molecule has 4 heterocycles. The number of carbonyl (C=O) groups is 1. The third-order valence-corrected chi connectivity index (χ3v) is 6.69. The number of benzene rings is 1. The summed E-state index contributed by atoms with van der Waals surface area (Å²) < 4.78 is 16.6. The summed E-state index contributed by atoms with van der Waals surface area (Å²) in [4.78, 5) is 34.1. The summed E-state index contributed by atoms with van der Waals surface area (Å²) in [5, 5.41) is 0. The van der Waals surface area contributed by atoms with E-state index in [0.717, 1.165) is 30.6 Å². The van der Waals surface area contributed by atoms with Crippen LogP contribution in [0.25, 0.3) is 22.4 Å². The number of aromatic nitrogens is 5. The smallest absolute Gasteiger partial charge is 0.244 e. The first kappa shape index (κ1) is 24.0. The molecule has 1 atom stereocenters. The van der Waals surface area contributed by atoms with E-state index < -0.39 is 5.95 Å². The lowest BCUT2D eigenvalue weighted by Gasteiger charge is -2.35. The van der Waals surface area contributed by atoms with Crippen molar-refractivity contribution < 1.29 is 9.18 Å². The molecule has 1 aromatic carbocycles. The Morgan fingerprint density at radius 3 is 2.58 bits per heavy atom. The fourth-order valence-corrected chi connectivity index (χ4v) is 4.73. The highest BCUT2D eigenvalue weighted by Gasteiger charge is 2.30. The molecule has 0 radical (unpaired) electrons. The number of anilines is 1. The number of halogens is 1. The lowest BCUT2D eigenvalue weighted by atomic mass is 10.0. The van der Waals surface area contributed by atoms with Crippen molar-refractivity contribution in [3.05, 3.63) is 66.3 Å². The van der Waals surface area contributed by atoms with Gasteiger partial charge in [0.25, 0.3) is 0 Å². The zero-order chi connectivity index (χ0) is 25.4. The number of rotatable bonds is 6. The second-order valence-corrected chi connectivity index (χ2v) is 9.72. The van der Waals surface area contributed by atoms with E-state index in [0.29, 0.717) is 29.1 Å². The Kier molecular flexibility index (Phi) is 6.49. The summed E-state index contributed by atoms with van der Waals surface area (Å²) in [5.41, 5.74) is 3.87. The Hall–Kier alpha value is -3.72. The van der Waals surface area contributed by atoms with Crippen molar-refractivity contribution in [3.63, 3.8) is 0 Å². The second kappa shape index (κ2) is 9.73. The molecule has 1 aliphatic heterocycles. The van der Waals surface area contributed by atoms with Crippen LogP contribution < -0.4 is 4.90 Å². The van der Waals surface area contributed by atoms with Crippen LogP contribution in [-0.2, 0) is 11.2 Å². The summed E-state index contributed by atoms with van der Waals surface area (Å²) in [6.07, 6.45) is 5.69. The molecule has 1 fully saturated rings. The summed E-state index contributed by atoms with van der Waals surface area (Å²) in [6.45, 7) is 4.78. The molecule has 4 aromatic rings. The van der Waals surface area contributed by atoms with Crippen molar-refractivity contribution in [2.45, 2.75) is 45.2 Å². The van der Waals surface area contributed by atoms with E-state index in [9.17, 15) is 9.18 Å². The zero-order valence-corrected chi connectivity index (χ0v) is 21.0. The SMILES string of the molecule is CC(C)n1cnc2c(F)nc(-c3ccnc(Cc4ccc(N5CCCC(N(C)C)C5=O)cc4)n3)cc21. The standard InChI is InChI=1S/C27H30FN7O/c1-17(2)35-16-30-25-23(35)15-21(32-26(25)28)20-11-12-29-24(31-20)14-18-7-9-19(10-8-18)34-13-5-6-22(27(34)36)33(3)4/h7-12,15-17,22H,5-6,13-14H2,1-4H3. The maximum Gasteiger partial charge on any atom is 0.244 e. The first-order valence-corrected chi connectivity index (χ1v) is 12.2. The van der Waals surface area contributed by atoms with Crippen molar-refractivity contribution in [1.29, 1.82) is 0 Å². The number of carbonyl (C=O) groups excluding carboxylic acids is 1. The van der Waals surface area contributed by atoms with E-state index in [1.54, 1.807) is 18.6 Å². The fourth-order valence-electron chi connectivity index (χ4n) is 4.73. The molecule has 1 unspecified atom stereocenters. The summed E-state index contributed by atoms with van der Waals surface area (Å²) in [6, 6.07) is 11.6. The van der Waals surface area contributed by atoms with Gasteiger partial charge in [0.2, 0.25) is 11.9 Å². The number of pyridine rings is 1. The molecule has 186 valence electrons. The maximum absolute atomic E-state index is 14.7. The van der Waals surface area contributed by atoms with E-state index in [-0.39, 0.29) is 23.5 Å². The largest absolute Gasteiger partial charge is 0.328 e. The number of fused-ring (bicyclic) bond motifs is 1.